The molecule has 190 valence electrons. The summed E-state index contributed by atoms with van der Waals surface area (Å²) in [5.74, 6) is 0.432. The zero-order chi connectivity index (χ0) is 24.4. The number of rotatable bonds is 7. The Hall–Kier alpha value is -3.07. The van der Waals surface area contributed by atoms with Gasteiger partial charge in [0.2, 0.25) is 0 Å². The summed E-state index contributed by atoms with van der Waals surface area (Å²) in [5, 5.41) is 2.91. The zero-order valence-electron chi connectivity index (χ0n) is 19.9. The largest absolute Gasteiger partial charge is 0.491 e. The number of ether oxygens (including phenoxy) is 1. The van der Waals surface area contributed by atoms with Gasteiger partial charge in [0.1, 0.15) is 24.5 Å². The van der Waals surface area contributed by atoms with Gasteiger partial charge in [-0.3, -0.25) is 4.70 Å². The lowest BCUT2D eigenvalue weighted by Gasteiger charge is -2.39. The number of nitrogens with one attached hydrogen (secondary N) is 1. The minimum atomic E-state index is -1.14. The molecule has 1 aliphatic rings. The van der Waals surface area contributed by atoms with E-state index in [1.807, 2.05) is 56.8 Å². The third-order valence-electron chi connectivity index (χ3n) is 5.38. The van der Waals surface area contributed by atoms with Crippen molar-refractivity contribution in [3.05, 3.63) is 65.5 Å². The fraction of sp³-hybridized carbons (Fsp3) is 0.440. The van der Waals surface area contributed by atoms with Crippen LogP contribution in [0.4, 0.5) is 18.3 Å². The lowest BCUT2D eigenvalue weighted by Crippen LogP contribution is -2.55. The molecule has 0 radical (unpaired) electrons. The van der Waals surface area contributed by atoms with Crippen molar-refractivity contribution in [2.24, 2.45) is 0 Å². The molecule has 0 bridgehead atoms. The molecule has 1 aliphatic heterocycles. The van der Waals surface area contributed by atoms with E-state index in [0.717, 1.165) is 23.4 Å². The maximum Gasteiger partial charge on any atom is 0.318 e. The standard InChI is InChI=1S/C24H31F2N3O2.CH2O.FH.H2/c1-17(2)31-21-10-6-18(7-11-21)14-27-24(30)29(15-19-4-8-20(25)9-5-19)23-12-13-28(3)16-22(23)26;1-2;;/h4-11,17,22-23H,12-16H2,1-3H3,(H,27,30);1H2;2*1H/t22-,23+;;;/m1.../s1. The van der Waals surface area contributed by atoms with Crippen LogP contribution in [0.25, 0.3) is 0 Å². The summed E-state index contributed by atoms with van der Waals surface area (Å²) in [6.07, 6.45) is -0.501. The fourth-order valence-electron chi connectivity index (χ4n) is 3.76. The second-order valence-electron chi connectivity index (χ2n) is 8.36. The highest BCUT2D eigenvalue weighted by molar-refractivity contribution is 5.74. The van der Waals surface area contributed by atoms with E-state index < -0.39 is 12.2 Å². The Bertz CT molecular complexity index is 873. The summed E-state index contributed by atoms with van der Waals surface area (Å²) >= 11 is 0. The minimum absolute atomic E-state index is 0. The predicted octanol–water partition coefficient (Wildman–Crippen LogP) is 4.58. The number of nitrogens with zero attached hydrogens (tertiary/aromatic N) is 2. The second-order valence-corrected chi connectivity index (χ2v) is 8.36. The van der Waals surface area contributed by atoms with Gasteiger partial charge in [-0.25, -0.2) is 13.6 Å². The van der Waals surface area contributed by atoms with Crippen LogP contribution in [0.2, 0.25) is 0 Å². The molecular weight excluding hydrogens is 447 g/mol. The van der Waals surface area contributed by atoms with Crippen molar-refractivity contribution in [2.45, 2.75) is 51.7 Å². The zero-order valence-corrected chi connectivity index (χ0v) is 19.9. The third-order valence-corrected chi connectivity index (χ3v) is 5.38. The molecule has 2 atom stereocenters. The quantitative estimate of drug-likeness (QED) is 0.626. The summed E-state index contributed by atoms with van der Waals surface area (Å²) in [6, 6.07) is 12.6. The number of piperidine rings is 1. The normalized spacial score (nSPS) is 17.7. The van der Waals surface area contributed by atoms with Gasteiger partial charge in [0, 0.05) is 27.6 Å². The number of halogens is 3. The number of hydrogen-bond donors (Lipinski definition) is 1. The Morgan fingerprint density at radius 3 is 2.32 bits per heavy atom. The molecule has 0 unspecified atom stereocenters. The Kier molecular flexibility index (Phi) is 12.1. The molecule has 9 heteroatoms. The van der Waals surface area contributed by atoms with E-state index in [-0.39, 0.29) is 37.2 Å². The molecule has 1 saturated heterocycles. The van der Waals surface area contributed by atoms with Gasteiger partial charge in [-0.15, -0.1) is 0 Å². The van der Waals surface area contributed by atoms with Crippen molar-refractivity contribution in [2.75, 3.05) is 20.1 Å². The highest BCUT2D eigenvalue weighted by Crippen LogP contribution is 2.22. The average Bonchev–Trinajstić information content (AvgIpc) is 2.79. The van der Waals surface area contributed by atoms with Crippen LogP contribution < -0.4 is 10.1 Å². The highest BCUT2D eigenvalue weighted by Gasteiger charge is 2.35. The number of alkyl halides is 1. The van der Waals surface area contributed by atoms with Gasteiger partial charge in [0.05, 0.1) is 12.1 Å². The maximum atomic E-state index is 14.9. The van der Waals surface area contributed by atoms with Crippen molar-refractivity contribution >= 4 is 12.8 Å². The summed E-state index contributed by atoms with van der Waals surface area (Å²) in [7, 11) is 1.87. The van der Waals surface area contributed by atoms with Crippen LogP contribution in [0, 0.1) is 5.82 Å². The van der Waals surface area contributed by atoms with Crippen molar-refractivity contribution in [3.8, 4) is 5.75 Å². The lowest BCUT2D eigenvalue weighted by molar-refractivity contribution is -0.0980. The molecule has 0 saturated carbocycles. The topological polar surface area (TPSA) is 61.9 Å². The number of carbonyl (C=O) groups is 2. The van der Waals surface area contributed by atoms with Crippen LogP contribution in [-0.2, 0) is 17.9 Å². The first kappa shape index (κ1) is 29.0. The van der Waals surface area contributed by atoms with E-state index in [2.05, 4.69) is 5.32 Å². The van der Waals surface area contributed by atoms with Gasteiger partial charge in [-0.1, -0.05) is 24.3 Å². The Morgan fingerprint density at radius 2 is 1.76 bits per heavy atom. The molecule has 6 nitrogen and oxygen atoms in total. The van der Waals surface area contributed by atoms with Crippen molar-refractivity contribution in [1.29, 1.82) is 0 Å². The third kappa shape index (κ3) is 8.70. The molecular formula is C25H36F3N3O3. The van der Waals surface area contributed by atoms with Gasteiger partial charge in [0.25, 0.3) is 0 Å². The van der Waals surface area contributed by atoms with Crippen LogP contribution in [0.1, 0.15) is 32.8 Å². The van der Waals surface area contributed by atoms with E-state index in [1.54, 1.807) is 17.0 Å². The smallest absolute Gasteiger partial charge is 0.318 e. The van der Waals surface area contributed by atoms with Crippen molar-refractivity contribution < 1.29 is 29.2 Å². The molecule has 1 fully saturated rings. The molecule has 1 heterocycles. The van der Waals surface area contributed by atoms with E-state index in [4.69, 9.17) is 9.53 Å². The molecule has 2 aromatic rings. The number of urea groups is 1. The molecule has 0 spiro atoms. The number of carbonyl (C=O) groups excluding carboxylic acids is 2. The Balaban J connectivity index is 0.00000282. The lowest BCUT2D eigenvalue weighted by atomic mass is 10.0. The predicted molar refractivity (Wildman–Crippen MR) is 129 cm³/mol. The van der Waals surface area contributed by atoms with Gasteiger partial charge in [-0.2, -0.15) is 0 Å². The monoisotopic (exact) mass is 483 g/mol. The van der Waals surface area contributed by atoms with Gasteiger partial charge < -0.3 is 24.6 Å². The van der Waals surface area contributed by atoms with E-state index in [9.17, 15) is 13.6 Å². The maximum absolute atomic E-state index is 14.9. The van der Waals surface area contributed by atoms with Gasteiger partial charge in [-0.05, 0) is 62.7 Å². The molecule has 34 heavy (non-hydrogen) atoms. The molecule has 2 amide bonds. The minimum Gasteiger partial charge on any atom is -0.491 e. The van der Waals surface area contributed by atoms with Gasteiger partial charge in [0.15, 0.2) is 0 Å². The number of hydrogen-bond acceptors (Lipinski definition) is 4. The first-order valence-electron chi connectivity index (χ1n) is 11.0. The highest BCUT2D eigenvalue weighted by atomic mass is 19.1. The van der Waals surface area contributed by atoms with Crippen LogP contribution in [0.3, 0.4) is 0 Å². The molecule has 0 aromatic heterocycles. The van der Waals surface area contributed by atoms with Crippen LogP contribution in [-0.4, -0.2) is 61.1 Å². The average molecular weight is 484 g/mol. The SMILES string of the molecule is C=O.CC(C)Oc1ccc(CNC(=O)N(Cc2ccc(F)cc2)[C@H]2CCN(C)C[C@H]2F)cc1.F.[HH]. The molecule has 1 N–H and O–H groups in total. The summed E-state index contributed by atoms with van der Waals surface area (Å²) in [5.41, 5.74) is 1.68. The number of amides is 2. The Morgan fingerprint density at radius 1 is 1.18 bits per heavy atom. The summed E-state index contributed by atoms with van der Waals surface area (Å²) in [6.45, 7) is 7.48. The van der Waals surface area contributed by atoms with Crippen molar-refractivity contribution in [3.63, 3.8) is 0 Å². The molecule has 3 rings (SSSR count). The second kappa shape index (κ2) is 14.2. The van der Waals surface area contributed by atoms with E-state index >= 15 is 0 Å². The summed E-state index contributed by atoms with van der Waals surface area (Å²) in [4.78, 5) is 24.5. The van der Waals surface area contributed by atoms with Crippen LogP contribution >= 0.6 is 0 Å². The summed E-state index contributed by atoms with van der Waals surface area (Å²) < 4.78 is 33.8. The fourth-order valence-corrected chi connectivity index (χ4v) is 3.76. The first-order valence-corrected chi connectivity index (χ1v) is 11.0. The van der Waals surface area contributed by atoms with Crippen LogP contribution in [0.5, 0.6) is 5.75 Å². The van der Waals surface area contributed by atoms with E-state index in [0.29, 0.717) is 13.0 Å². The van der Waals surface area contributed by atoms with E-state index in [1.165, 1.54) is 12.1 Å². The van der Waals surface area contributed by atoms with Crippen LogP contribution in [0.15, 0.2) is 48.5 Å². The number of benzene rings is 2. The molecule has 2 aromatic carbocycles. The first-order chi connectivity index (χ1) is 15.8. The van der Waals surface area contributed by atoms with Crippen molar-refractivity contribution in [1.82, 2.24) is 15.1 Å². The Labute approximate surface area is 200 Å². The number of likely N-dealkylation sites (tertiary alicyclic amines) is 1. The molecule has 0 aliphatic carbocycles. The van der Waals surface area contributed by atoms with Gasteiger partial charge >= 0.3 is 6.03 Å².